The van der Waals surface area contributed by atoms with Gasteiger partial charge in [0.05, 0.1) is 0 Å². The largest absolute Gasteiger partial charge is 0.396 e. The molecule has 0 aromatic heterocycles. The van der Waals surface area contributed by atoms with Gasteiger partial charge in [0.1, 0.15) is 5.78 Å². The molecule has 5 aliphatic carbocycles. The van der Waals surface area contributed by atoms with Crippen LogP contribution in [0.4, 0.5) is 0 Å². The zero-order chi connectivity index (χ0) is 19.1. The smallest absolute Gasteiger partial charge is 0.133 e. The quantitative estimate of drug-likeness (QED) is 0.634. The molecule has 5 fully saturated rings. The lowest BCUT2D eigenvalue weighted by atomic mass is 9.32. The third kappa shape index (κ3) is 2.10. The van der Waals surface area contributed by atoms with Crippen molar-refractivity contribution in [3.05, 3.63) is 0 Å². The van der Waals surface area contributed by atoms with Gasteiger partial charge in [0.25, 0.3) is 0 Å². The van der Waals surface area contributed by atoms with Crippen LogP contribution in [0.1, 0.15) is 97.8 Å². The normalized spacial score (nSPS) is 57.4. The number of Topliss-reactive ketones (excluding diaryl/α,β-unsaturated/α-hetero) is 1. The van der Waals surface area contributed by atoms with E-state index in [-0.39, 0.29) is 5.41 Å². The maximum atomic E-state index is 12.5. The molecular weight excluding hydrogens is 332 g/mol. The monoisotopic (exact) mass is 372 g/mol. The fourth-order valence-corrected chi connectivity index (χ4v) is 10.1. The first-order valence-corrected chi connectivity index (χ1v) is 11.9. The van der Waals surface area contributed by atoms with Crippen molar-refractivity contribution < 1.29 is 9.90 Å². The summed E-state index contributed by atoms with van der Waals surface area (Å²) in [5.74, 6) is 3.42. The van der Waals surface area contributed by atoms with Crippen LogP contribution in [0.15, 0.2) is 0 Å². The summed E-state index contributed by atoms with van der Waals surface area (Å²) in [4.78, 5) is 12.5. The molecule has 27 heavy (non-hydrogen) atoms. The Kier molecular flexibility index (Phi) is 4.03. The summed E-state index contributed by atoms with van der Waals surface area (Å²) >= 11 is 0. The second-order valence-electron chi connectivity index (χ2n) is 11.9. The molecule has 2 heteroatoms. The molecule has 5 rings (SSSR count). The Hall–Kier alpha value is -0.370. The van der Waals surface area contributed by atoms with Crippen LogP contribution in [0.2, 0.25) is 0 Å². The second-order valence-corrected chi connectivity index (χ2v) is 11.9. The number of fused-ring (bicyclic) bond motifs is 5. The predicted octanol–water partition coefficient (Wildman–Crippen LogP) is 5.77. The minimum absolute atomic E-state index is 0.243. The third-order valence-corrected chi connectivity index (χ3v) is 11.9. The fourth-order valence-electron chi connectivity index (χ4n) is 10.1. The first-order valence-electron chi connectivity index (χ1n) is 11.9. The second kappa shape index (κ2) is 5.83. The standard InChI is InChI=1S/C25H40O2/c1-17-18-6-10-23(3)22(2)13-14-24(16-26)9-4-5-21(24)20(22)8-12-25(17,23)11-7-19(27)15-18/h17-18,20-21,26H,4-16H2,1-3H3/t17?,18?,20?,21-,22-,23?,24?,25?/m1/s1. The van der Waals surface area contributed by atoms with E-state index in [0.29, 0.717) is 40.5 Å². The van der Waals surface area contributed by atoms with Gasteiger partial charge in [-0.1, -0.05) is 27.2 Å². The van der Waals surface area contributed by atoms with Crippen LogP contribution < -0.4 is 0 Å². The molecule has 0 aliphatic heterocycles. The van der Waals surface area contributed by atoms with E-state index in [4.69, 9.17) is 0 Å². The van der Waals surface area contributed by atoms with Gasteiger partial charge in [0, 0.05) is 19.4 Å². The van der Waals surface area contributed by atoms with Gasteiger partial charge < -0.3 is 5.11 Å². The molecule has 0 radical (unpaired) electrons. The first kappa shape index (κ1) is 18.6. The Bertz CT molecular complexity index is 642. The highest BCUT2D eigenvalue weighted by Gasteiger charge is 2.70. The van der Waals surface area contributed by atoms with Crippen molar-refractivity contribution in [2.45, 2.75) is 97.8 Å². The maximum absolute atomic E-state index is 12.5. The third-order valence-electron chi connectivity index (χ3n) is 11.9. The van der Waals surface area contributed by atoms with Gasteiger partial charge in [-0.3, -0.25) is 4.79 Å². The number of carbonyl (C=O) groups excluding carboxylic acids is 1. The summed E-state index contributed by atoms with van der Waals surface area (Å²) < 4.78 is 0. The van der Waals surface area contributed by atoms with Crippen molar-refractivity contribution in [3.8, 4) is 0 Å². The summed E-state index contributed by atoms with van der Waals surface area (Å²) in [6, 6.07) is 0. The SMILES string of the molecule is CC1C2CCC3(C)C1(CCC(=O)C2)CCC1[C@H]2CCCC2(CO)CC[C@]13C. The van der Waals surface area contributed by atoms with E-state index >= 15 is 0 Å². The molecule has 2 nitrogen and oxygen atoms in total. The van der Waals surface area contributed by atoms with Gasteiger partial charge in [-0.05, 0) is 103 Å². The predicted molar refractivity (Wildman–Crippen MR) is 108 cm³/mol. The van der Waals surface area contributed by atoms with E-state index in [1.807, 2.05) is 0 Å². The van der Waals surface area contributed by atoms with Crippen LogP contribution in [0.3, 0.4) is 0 Å². The highest BCUT2D eigenvalue weighted by Crippen LogP contribution is 2.77. The zero-order valence-corrected chi connectivity index (χ0v) is 17.9. The summed E-state index contributed by atoms with van der Waals surface area (Å²) in [5, 5.41) is 10.3. The Morgan fingerprint density at radius 3 is 2.56 bits per heavy atom. The van der Waals surface area contributed by atoms with Crippen molar-refractivity contribution in [3.63, 3.8) is 0 Å². The molecule has 6 unspecified atom stereocenters. The molecular formula is C25H40O2. The lowest BCUT2D eigenvalue weighted by molar-refractivity contribution is -0.241. The van der Waals surface area contributed by atoms with Crippen molar-refractivity contribution in [2.75, 3.05) is 6.61 Å². The highest BCUT2D eigenvalue weighted by atomic mass is 16.3. The Morgan fingerprint density at radius 1 is 0.963 bits per heavy atom. The van der Waals surface area contributed by atoms with E-state index in [1.54, 1.807) is 0 Å². The van der Waals surface area contributed by atoms with Crippen LogP contribution in [0, 0.1) is 45.3 Å². The van der Waals surface area contributed by atoms with E-state index in [0.717, 1.165) is 31.1 Å². The molecule has 152 valence electrons. The van der Waals surface area contributed by atoms with Crippen LogP contribution in [-0.4, -0.2) is 17.5 Å². The minimum atomic E-state index is 0.243. The van der Waals surface area contributed by atoms with Crippen molar-refractivity contribution in [2.24, 2.45) is 45.3 Å². The number of hydrogen-bond donors (Lipinski definition) is 1. The number of hydrogen-bond acceptors (Lipinski definition) is 2. The molecule has 5 aliphatic rings. The van der Waals surface area contributed by atoms with E-state index in [1.165, 1.54) is 57.8 Å². The van der Waals surface area contributed by atoms with E-state index < -0.39 is 0 Å². The van der Waals surface area contributed by atoms with Gasteiger partial charge in [-0.2, -0.15) is 0 Å². The Morgan fingerprint density at radius 2 is 1.78 bits per heavy atom. The fraction of sp³-hybridized carbons (Fsp3) is 0.960. The van der Waals surface area contributed by atoms with E-state index in [9.17, 15) is 9.90 Å². The van der Waals surface area contributed by atoms with Gasteiger partial charge in [0.2, 0.25) is 0 Å². The summed E-state index contributed by atoms with van der Waals surface area (Å²) in [6.45, 7) is 8.24. The molecule has 1 N–H and O–H groups in total. The van der Waals surface area contributed by atoms with Crippen molar-refractivity contribution in [1.82, 2.24) is 0 Å². The lowest BCUT2D eigenvalue weighted by Crippen LogP contribution is -2.65. The molecule has 0 aromatic carbocycles. The molecule has 8 atom stereocenters. The first-order chi connectivity index (χ1) is 12.8. The topological polar surface area (TPSA) is 37.3 Å². The van der Waals surface area contributed by atoms with Crippen LogP contribution in [0.5, 0.6) is 0 Å². The van der Waals surface area contributed by atoms with Gasteiger partial charge in [-0.25, -0.2) is 0 Å². The minimum Gasteiger partial charge on any atom is -0.396 e. The average Bonchev–Trinajstić information content (AvgIpc) is 3.06. The Labute approximate surface area is 165 Å². The summed E-state index contributed by atoms with van der Waals surface area (Å²) in [7, 11) is 0. The number of carbonyl (C=O) groups is 1. The molecule has 5 saturated carbocycles. The van der Waals surface area contributed by atoms with Gasteiger partial charge in [0.15, 0.2) is 0 Å². The van der Waals surface area contributed by atoms with Crippen molar-refractivity contribution in [1.29, 1.82) is 0 Å². The maximum Gasteiger partial charge on any atom is 0.133 e. The molecule has 0 aromatic rings. The highest BCUT2D eigenvalue weighted by molar-refractivity contribution is 5.79. The number of rotatable bonds is 1. The zero-order valence-electron chi connectivity index (χ0n) is 17.9. The molecule has 0 saturated heterocycles. The number of ketones is 1. The molecule has 0 heterocycles. The van der Waals surface area contributed by atoms with Gasteiger partial charge in [-0.15, -0.1) is 0 Å². The summed E-state index contributed by atoms with van der Waals surface area (Å²) in [6.07, 6.45) is 14.6. The Balaban J connectivity index is 1.58. The van der Waals surface area contributed by atoms with Crippen LogP contribution in [0.25, 0.3) is 0 Å². The lowest BCUT2D eigenvalue weighted by Gasteiger charge is -2.72. The average molecular weight is 373 g/mol. The molecule has 2 bridgehead atoms. The van der Waals surface area contributed by atoms with E-state index in [2.05, 4.69) is 20.8 Å². The molecule has 0 amide bonds. The summed E-state index contributed by atoms with van der Waals surface area (Å²) in [5.41, 5.74) is 1.39. The number of aliphatic hydroxyl groups is 1. The van der Waals surface area contributed by atoms with Crippen molar-refractivity contribution >= 4 is 5.78 Å². The van der Waals surface area contributed by atoms with Crippen LogP contribution in [-0.2, 0) is 4.79 Å². The van der Waals surface area contributed by atoms with Crippen LogP contribution >= 0.6 is 0 Å². The van der Waals surface area contributed by atoms with Gasteiger partial charge >= 0.3 is 0 Å². The molecule has 1 spiro atoms. The number of aliphatic hydroxyl groups excluding tert-OH is 1.